The van der Waals surface area contributed by atoms with Gasteiger partial charge in [0.1, 0.15) is 0 Å². The van der Waals surface area contributed by atoms with Crippen molar-refractivity contribution in [2.45, 2.75) is 10.4 Å². The van der Waals surface area contributed by atoms with Gasteiger partial charge in [0, 0.05) is 9.37 Å². The Bertz CT molecular complexity index is 522. The van der Waals surface area contributed by atoms with Crippen LogP contribution in [-0.2, 0) is 0 Å². The predicted octanol–water partition coefficient (Wildman–Crippen LogP) is 5.21. The summed E-state index contributed by atoms with van der Waals surface area (Å²) in [5.41, 5.74) is -4.25. The van der Waals surface area contributed by atoms with E-state index in [2.05, 4.69) is 15.9 Å². The van der Waals surface area contributed by atoms with Gasteiger partial charge in [0.25, 0.3) is 0 Å². The lowest BCUT2D eigenvalue weighted by Crippen LogP contribution is -1.99. The summed E-state index contributed by atoms with van der Waals surface area (Å²) >= 11 is 3.24. The van der Waals surface area contributed by atoms with Crippen LogP contribution in [-0.4, -0.2) is 5.51 Å². The number of alkyl halides is 3. The van der Waals surface area contributed by atoms with E-state index in [1.165, 1.54) is 6.07 Å². The van der Waals surface area contributed by atoms with Gasteiger partial charge >= 0.3 is 5.51 Å². The molecular weight excluding hydrogens is 301 g/mol. The van der Waals surface area contributed by atoms with Gasteiger partial charge in [-0.2, -0.15) is 13.2 Å². The van der Waals surface area contributed by atoms with Crippen LogP contribution in [0.3, 0.4) is 0 Å². The van der Waals surface area contributed by atoms with Crippen LogP contribution in [0.15, 0.2) is 45.8 Å². The number of fused-ring (bicyclic) bond motifs is 1. The Kier molecular flexibility index (Phi) is 3.17. The quantitative estimate of drug-likeness (QED) is 0.651. The molecule has 0 aromatic heterocycles. The Morgan fingerprint density at radius 1 is 0.938 bits per heavy atom. The summed E-state index contributed by atoms with van der Waals surface area (Å²) in [6.45, 7) is 0. The van der Waals surface area contributed by atoms with E-state index in [0.29, 0.717) is 5.39 Å². The second-order valence-electron chi connectivity index (χ2n) is 3.14. The first kappa shape index (κ1) is 11.8. The Morgan fingerprint density at radius 3 is 2.19 bits per heavy atom. The minimum atomic E-state index is -4.25. The molecule has 16 heavy (non-hydrogen) atoms. The van der Waals surface area contributed by atoms with Gasteiger partial charge in [-0.1, -0.05) is 40.2 Å². The molecule has 2 aromatic carbocycles. The molecule has 0 atom stereocenters. The van der Waals surface area contributed by atoms with Gasteiger partial charge in [-0.05, 0) is 34.7 Å². The highest BCUT2D eigenvalue weighted by Crippen LogP contribution is 2.41. The van der Waals surface area contributed by atoms with E-state index < -0.39 is 5.51 Å². The lowest BCUT2D eigenvalue weighted by Gasteiger charge is -2.09. The number of halogens is 4. The molecule has 0 unspecified atom stereocenters. The van der Waals surface area contributed by atoms with Crippen molar-refractivity contribution in [3.63, 3.8) is 0 Å². The smallest absolute Gasteiger partial charge is 0.160 e. The van der Waals surface area contributed by atoms with Gasteiger partial charge in [-0.3, -0.25) is 0 Å². The lowest BCUT2D eigenvalue weighted by molar-refractivity contribution is -0.0327. The molecule has 0 saturated heterocycles. The number of rotatable bonds is 1. The minimum absolute atomic E-state index is 0.0819. The molecule has 0 saturated carbocycles. The lowest BCUT2D eigenvalue weighted by atomic mass is 10.1. The fourth-order valence-corrected chi connectivity index (χ4v) is 2.60. The molecule has 5 heteroatoms. The summed E-state index contributed by atoms with van der Waals surface area (Å²) in [5.74, 6) is 0. The number of hydrogen-bond acceptors (Lipinski definition) is 1. The summed E-state index contributed by atoms with van der Waals surface area (Å²) in [4.78, 5) is 0.228. The molecule has 0 aliphatic carbocycles. The zero-order valence-electron chi connectivity index (χ0n) is 7.88. The first-order valence-corrected chi connectivity index (χ1v) is 6.01. The predicted molar refractivity (Wildman–Crippen MR) is 63.6 cm³/mol. The summed E-state index contributed by atoms with van der Waals surface area (Å²) in [7, 11) is 0. The normalized spacial score (nSPS) is 12.0. The van der Waals surface area contributed by atoms with Crippen molar-refractivity contribution in [3.05, 3.63) is 40.9 Å². The van der Waals surface area contributed by atoms with Gasteiger partial charge in [-0.25, -0.2) is 0 Å². The van der Waals surface area contributed by atoms with Crippen LogP contribution in [0.4, 0.5) is 13.2 Å². The van der Waals surface area contributed by atoms with Gasteiger partial charge in [0.2, 0.25) is 0 Å². The average Bonchev–Trinajstić information content (AvgIpc) is 2.21. The van der Waals surface area contributed by atoms with E-state index in [9.17, 15) is 13.2 Å². The SMILES string of the molecule is FC(F)(F)Sc1ccc(Br)c2ccccc12. The van der Waals surface area contributed by atoms with Gasteiger partial charge in [0.15, 0.2) is 0 Å². The fraction of sp³-hybridized carbons (Fsp3) is 0.0909. The second kappa shape index (κ2) is 4.30. The summed E-state index contributed by atoms with van der Waals surface area (Å²) in [6, 6.07) is 10.1. The molecule has 84 valence electrons. The number of benzene rings is 2. The third-order valence-electron chi connectivity index (χ3n) is 2.06. The summed E-state index contributed by atoms with van der Waals surface area (Å²) < 4.78 is 37.8. The molecule has 2 rings (SSSR count). The van der Waals surface area contributed by atoms with E-state index in [-0.39, 0.29) is 16.7 Å². The maximum absolute atomic E-state index is 12.3. The number of hydrogen-bond donors (Lipinski definition) is 0. The molecule has 0 N–H and O–H groups in total. The Labute approximate surface area is 103 Å². The van der Waals surface area contributed by atoms with Crippen LogP contribution >= 0.6 is 27.7 Å². The van der Waals surface area contributed by atoms with Crippen LogP contribution in [0.5, 0.6) is 0 Å². The zero-order chi connectivity index (χ0) is 11.8. The molecule has 0 spiro atoms. The maximum atomic E-state index is 12.3. The molecule has 2 aromatic rings. The Hall–Kier alpha value is -0.680. The molecular formula is C11H6BrF3S. The third kappa shape index (κ3) is 2.52. The van der Waals surface area contributed by atoms with E-state index in [4.69, 9.17) is 0 Å². The van der Waals surface area contributed by atoms with Crippen LogP contribution < -0.4 is 0 Å². The molecule has 0 radical (unpaired) electrons. The zero-order valence-corrected chi connectivity index (χ0v) is 10.3. The molecule has 0 fully saturated rings. The third-order valence-corrected chi connectivity index (χ3v) is 3.56. The Morgan fingerprint density at radius 2 is 1.56 bits per heavy atom. The minimum Gasteiger partial charge on any atom is -0.160 e. The van der Waals surface area contributed by atoms with Gasteiger partial charge in [0.05, 0.1) is 0 Å². The van der Waals surface area contributed by atoms with E-state index in [1.54, 1.807) is 30.3 Å². The van der Waals surface area contributed by atoms with E-state index in [1.807, 2.05) is 0 Å². The van der Waals surface area contributed by atoms with Crippen molar-refractivity contribution < 1.29 is 13.2 Å². The molecule has 0 aliphatic heterocycles. The summed E-state index contributed by atoms with van der Waals surface area (Å²) in [5, 5.41) is 1.40. The monoisotopic (exact) mass is 306 g/mol. The van der Waals surface area contributed by atoms with Gasteiger partial charge in [-0.15, -0.1) is 0 Å². The number of thioether (sulfide) groups is 1. The van der Waals surface area contributed by atoms with Crippen LogP contribution in [0.25, 0.3) is 10.8 Å². The highest BCUT2D eigenvalue weighted by molar-refractivity contribution is 9.10. The highest BCUT2D eigenvalue weighted by Gasteiger charge is 2.30. The molecule has 0 aliphatic rings. The van der Waals surface area contributed by atoms with Gasteiger partial charge < -0.3 is 0 Å². The largest absolute Gasteiger partial charge is 0.446 e. The second-order valence-corrected chi connectivity index (χ2v) is 5.10. The fourth-order valence-electron chi connectivity index (χ4n) is 1.45. The van der Waals surface area contributed by atoms with Crippen molar-refractivity contribution >= 4 is 38.5 Å². The van der Waals surface area contributed by atoms with Crippen molar-refractivity contribution in [1.82, 2.24) is 0 Å². The Balaban J connectivity index is 2.59. The van der Waals surface area contributed by atoms with Crippen LogP contribution in [0.2, 0.25) is 0 Å². The van der Waals surface area contributed by atoms with Crippen molar-refractivity contribution in [2.75, 3.05) is 0 Å². The molecule has 0 nitrogen and oxygen atoms in total. The average molecular weight is 307 g/mol. The molecule has 0 bridgehead atoms. The van der Waals surface area contributed by atoms with Crippen LogP contribution in [0, 0.1) is 0 Å². The highest BCUT2D eigenvalue weighted by atomic mass is 79.9. The van der Waals surface area contributed by atoms with Crippen molar-refractivity contribution in [2.24, 2.45) is 0 Å². The maximum Gasteiger partial charge on any atom is 0.446 e. The topological polar surface area (TPSA) is 0 Å². The van der Waals surface area contributed by atoms with Crippen molar-refractivity contribution in [1.29, 1.82) is 0 Å². The summed E-state index contributed by atoms with van der Waals surface area (Å²) in [6.07, 6.45) is 0. The first-order valence-electron chi connectivity index (χ1n) is 4.40. The van der Waals surface area contributed by atoms with Crippen molar-refractivity contribution in [3.8, 4) is 0 Å². The van der Waals surface area contributed by atoms with E-state index in [0.717, 1.165) is 9.86 Å². The molecule has 0 amide bonds. The first-order chi connectivity index (χ1) is 7.47. The van der Waals surface area contributed by atoms with E-state index >= 15 is 0 Å². The van der Waals surface area contributed by atoms with Crippen LogP contribution in [0.1, 0.15) is 0 Å². The standard InChI is InChI=1S/C11H6BrF3S/c12-9-5-6-10(16-11(13,14)15)8-4-2-1-3-7(8)9/h1-6H. The molecule has 0 heterocycles.